The molecule has 0 bridgehead atoms. The molecule has 1 heterocycles. The van der Waals surface area contributed by atoms with Crippen LogP contribution >= 0.6 is 11.6 Å². The van der Waals surface area contributed by atoms with E-state index >= 15 is 0 Å². The zero-order chi connectivity index (χ0) is 13.7. The molecule has 1 aromatic carbocycles. The Labute approximate surface area is 116 Å². The van der Waals surface area contributed by atoms with E-state index in [0.717, 1.165) is 11.1 Å². The first-order valence-corrected chi connectivity index (χ1v) is 6.16. The smallest absolute Gasteiger partial charge is 0.254 e. The van der Waals surface area contributed by atoms with Crippen molar-refractivity contribution in [3.05, 3.63) is 64.4 Å². The normalized spacial score (nSPS) is 10.2. The number of nitrogens with one attached hydrogen (secondary N) is 1. The van der Waals surface area contributed by atoms with E-state index in [1.807, 2.05) is 24.3 Å². The zero-order valence-corrected chi connectivity index (χ0v) is 10.9. The Morgan fingerprint density at radius 3 is 2.79 bits per heavy atom. The number of rotatable bonds is 4. The molecule has 2 rings (SSSR count). The molecule has 0 saturated carbocycles. The Morgan fingerprint density at radius 2 is 2.05 bits per heavy atom. The Bertz CT molecular complexity index is 587. The van der Waals surface area contributed by atoms with E-state index in [1.165, 1.54) is 6.20 Å². The molecule has 0 saturated heterocycles. The maximum Gasteiger partial charge on any atom is 0.254 e. The van der Waals surface area contributed by atoms with Crippen LogP contribution < -0.4 is 5.32 Å². The molecule has 1 aromatic heterocycles. The summed E-state index contributed by atoms with van der Waals surface area (Å²) in [5.41, 5.74) is 2.08. The minimum Gasteiger partial charge on any atom is -0.392 e. The topological polar surface area (TPSA) is 62.2 Å². The van der Waals surface area contributed by atoms with Crippen LogP contribution in [0.1, 0.15) is 21.5 Å². The highest BCUT2D eigenvalue weighted by Gasteiger charge is 2.09. The van der Waals surface area contributed by atoms with Crippen LogP contribution in [0.5, 0.6) is 0 Å². The van der Waals surface area contributed by atoms with E-state index in [-0.39, 0.29) is 17.7 Å². The van der Waals surface area contributed by atoms with Gasteiger partial charge in [-0.05, 0) is 23.3 Å². The Morgan fingerprint density at radius 1 is 1.26 bits per heavy atom. The number of benzene rings is 1. The van der Waals surface area contributed by atoms with Crippen molar-refractivity contribution in [1.29, 1.82) is 0 Å². The largest absolute Gasteiger partial charge is 0.392 e. The third-order valence-electron chi connectivity index (χ3n) is 2.63. The molecule has 19 heavy (non-hydrogen) atoms. The molecule has 2 aromatic rings. The average Bonchev–Trinajstić information content (AvgIpc) is 2.45. The Balaban J connectivity index is 2.02. The number of halogens is 1. The van der Waals surface area contributed by atoms with Gasteiger partial charge in [-0.15, -0.1) is 0 Å². The van der Waals surface area contributed by atoms with Gasteiger partial charge in [-0.2, -0.15) is 0 Å². The fraction of sp³-hybridized carbons (Fsp3) is 0.143. The minimum absolute atomic E-state index is 0.0176. The number of hydrogen-bond donors (Lipinski definition) is 2. The van der Waals surface area contributed by atoms with Gasteiger partial charge in [-0.1, -0.05) is 35.9 Å². The Kier molecular flexibility index (Phi) is 4.49. The maximum atomic E-state index is 11.9. The number of aliphatic hydroxyl groups is 1. The number of carbonyl (C=O) groups is 1. The van der Waals surface area contributed by atoms with Crippen molar-refractivity contribution in [3.63, 3.8) is 0 Å². The van der Waals surface area contributed by atoms with Gasteiger partial charge in [-0.25, -0.2) is 4.98 Å². The van der Waals surface area contributed by atoms with E-state index in [9.17, 15) is 4.79 Å². The highest BCUT2D eigenvalue weighted by atomic mass is 35.5. The summed E-state index contributed by atoms with van der Waals surface area (Å²) < 4.78 is 0. The molecule has 0 fully saturated rings. The second-order valence-corrected chi connectivity index (χ2v) is 4.36. The molecular weight excluding hydrogens is 264 g/mol. The molecule has 4 nitrogen and oxygen atoms in total. The molecule has 0 radical (unpaired) electrons. The molecule has 98 valence electrons. The van der Waals surface area contributed by atoms with Gasteiger partial charge in [0.25, 0.3) is 5.91 Å². The molecule has 0 aliphatic rings. The summed E-state index contributed by atoms with van der Waals surface area (Å²) in [5.74, 6) is -0.271. The van der Waals surface area contributed by atoms with Gasteiger partial charge in [0.15, 0.2) is 0 Å². The van der Waals surface area contributed by atoms with Crippen LogP contribution in [0.4, 0.5) is 0 Å². The minimum atomic E-state index is -0.271. The van der Waals surface area contributed by atoms with Crippen LogP contribution in [0.15, 0.2) is 42.6 Å². The monoisotopic (exact) mass is 276 g/mol. The molecule has 0 aliphatic carbocycles. The summed E-state index contributed by atoms with van der Waals surface area (Å²) in [5, 5.41) is 12.0. The van der Waals surface area contributed by atoms with Gasteiger partial charge in [0.05, 0.1) is 12.2 Å². The van der Waals surface area contributed by atoms with E-state index < -0.39 is 0 Å². The fourth-order valence-corrected chi connectivity index (χ4v) is 1.88. The second-order valence-electron chi connectivity index (χ2n) is 4.00. The number of aliphatic hydroxyl groups excluding tert-OH is 1. The quantitative estimate of drug-likeness (QED) is 0.841. The zero-order valence-electron chi connectivity index (χ0n) is 10.1. The summed E-state index contributed by atoms with van der Waals surface area (Å²) in [6.45, 7) is 0.355. The van der Waals surface area contributed by atoms with Crippen LogP contribution in [0.2, 0.25) is 5.15 Å². The maximum absolute atomic E-state index is 11.9. The van der Waals surface area contributed by atoms with Crippen LogP contribution in [0.3, 0.4) is 0 Å². The van der Waals surface area contributed by atoms with Crippen LogP contribution in [-0.4, -0.2) is 16.0 Å². The molecular formula is C14H13ClN2O2. The summed E-state index contributed by atoms with van der Waals surface area (Å²) in [6, 6.07) is 10.7. The summed E-state index contributed by atoms with van der Waals surface area (Å²) in [6.07, 6.45) is 1.53. The first kappa shape index (κ1) is 13.5. The van der Waals surface area contributed by atoms with E-state index in [1.54, 1.807) is 12.1 Å². The third kappa shape index (κ3) is 3.53. The van der Waals surface area contributed by atoms with Crippen LogP contribution in [0, 0.1) is 0 Å². The molecule has 2 N–H and O–H groups in total. The number of pyridine rings is 1. The molecule has 0 aliphatic heterocycles. The van der Waals surface area contributed by atoms with Crippen molar-refractivity contribution in [1.82, 2.24) is 10.3 Å². The second kappa shape index (κ2) is 6.31. The van der Waals surface area contributed by atoms with Crippen molar-refractivity contribution in [3.8, 4) is 0 Å². The van der Waals surface area contributed by atoms with Crippen LogP contribution in [-0.2, 0) is 13.2 Å². The highest BCUT2D eigenvalue weighted by Crippen LogP contribution is 2.11. The molecule has 1 amide bonds. The van der Waals surface area contributed by atoms with Gasteiger partial charge >= 0.3 is 0 Å². The van der Waals surface area contributed by atoms with Crippen molar-refractivity contribution in [2.45, 2.75) is 13.2 Å². The van der Waals surface area contributed by atoms with Crippen molar-refractivity contribution in [2.24, 2.45) is 0 Å². The van der Waals surface area contributed by atoms with Gasteiger partial charge in [-0.3, -0.25) is 4.79 Å². The average molecular weight is 277 g/mol. The first-order chi connectivity index (χ1) is 9.20. The predicted octanol–water partition coefficient (Wildman–Crippen LogP) is 2.16. The highest BCUT2D eigenvalue weighted by molar-refractivity contribution is 6.32. The van der Waals surface area contributed by atoms with Gasteiger partial charge in [0.2, 0.25) is 0 Å². The van der Waals surface area contributed by atoms with E-state index in [4.69, 9.17) is 16.7 Å². The van der Waals surface area contributed by atoms with Crippen molar-refractivity contribution < 1.29 is 9.90 Å². The fourth-order valence-electron chi connectivity index (χ4n) is 1.67. The lowest BCUT2D eigenvalue weighted by molar-refractivity contribution is 0.0950. The number of hydrogen-bond acceptors (Lipinski definition) is 3. The van der Waals surface area contributed by atoms with E-state index in [2.05, 4.69) is 10.3 Å². The standard InChI is InChI=1S/C14H13ClN2O2/c15-13-12(5-2-6-16-13)14(19)17-8-10-3-1-4-11(7-10)9-18/h1-7,18H,8-9H2,(H,17,19). The summed E-state index contributed by atoms with van der Waals surface area (Å²) in [4.78, 5) is 15.8. The van der Waals surface area contributed by atoms with Crippen molar-refractivity contribution in [2.75, 3.05) is 0 Å². The van der Waals surface area contributed by atoms with Crippen LogP contribution in [0.25, 0.3) is 0 Å². The summed E-state index contributed by atoms with van der Waals surface area (Å²) >= 11 is 5.84. The lowest BCUT2D eigenvalue weighted by atomic mass is 10.1. The number of carbonyl (C=O) groups excluding carboxylic acids is 1. The SMILES string of the molecule is O=C(NCc1cccc(CO)c1)c1cccnc1Cl. The third-order valence-corrected chi connectivity index (χ3v) is 2.93. The van der Waals surface area contributed by atoms with Gasteiger partial charge in [0.1, 0.15) is 5.15 Å². The van der Waals surface area contributed by atoms with Crippen molar-refractivity contribution >= 4 is 17.5 Å². The predicted molar refractivity (Wildman–Crippen MR) is 72.8 cm³/mol. The Hall–Kier alpha value is -1.91. The first-order valence-electron chi connectivity index (χ1n) is 5.78. The molecule has 0 spiro atoms. The molecule has 0 atom stereocenters. The van der Waals surface area contributed by atoms with E-state index in [0.29, 0.717) is 12.1 Å². The molecule has 0 unspecified atom stereocenters. The van der Waals surface area contributed by atoms with Gasteiger partial charge in [0, 0.05) is 12.7 Å². The number of amides is 1. The lowest BCUT2D eigenvalue weighted by Gasteiger charge is -2.07. The number of aromatic nitrogens is 1. The number of nitrogens with zero attached hydrogens (tertiary/aromatic N) is 1. The lowest BCUT2D eigenvalue weighted by Crippen LogP contribution is -2.23. The van der Waals surface area contributed by atoms with Gasteiger partial charge < -0.3 is 10.4 Å². The summed E-state index contributed by atoms with van der Waals surface area (Å²) in [7, 11) is 0. The molecule has 5 heteroatoms.